The van der Waals surface area contributed by atoms with Crippen molar-refractivity contribution in [2.24, 2.45) is 0 Å². The van der Waals surface area contributed by atoms with Crippen LogP contribution in [-0.4, -0.2) is 83.4 Å². The van der Waals surface area contributed by atoms with E-state index in [4.69, 9.17) is 56.8 Å². The van der Waals surface area contributed by atoms with Crippen molar-refractivity contribution in [1.29, 1.82) is 0 Å². The van der Waals surface area contributed by atoms with Crippen LogP contribution in [0.5, 0.6) is 34.5 Å². The molecule has 0 spiro atoms. The lowest BCUT2D eigenvalue weighted by atomic mass is 9.85. The predicted molar refractivity (Wildman–Crippen MR) is 502 cm³/mol. The van der Waals surface area contributed by atoms with Gasteiger partial charge in [0.15, 0.2) is 180 Å². The minimum atomic E-state index is -2.17. The number of aryl methyl sites for hydroxylation is 6. The fraction of sp³-hybridized carbons (Fsp3) is 0.265. The van der Waals surface area contributed by atoms with Crippen LogP contribution in [0, 0.1) is 216 Å². The topological polar surface area (TPSA) is 111 Å². The summed E-state index contributed by atoms with van der Waals surface area (Å²) < 4.78 is 467. The molecule has 48 heteroatoms. The lowest BCUT2D eigenvalue weighted by Gasteiger charge is -2.25. The van der Waals surface area contributed by atoms with Gasteiger partial charge in [-0.15, -0.1) is 0 Å². The van der Waals surface area contributed by atoms with Gasteiger partial charge in [-0.3, -0.25) is 0 Å². The molecule has 0 saturated heterocycles. The summed E-state index contributed by atoms with van der Waals surface area (Å²) >= 11 is 0. The Morgan fingerprint density at radius 3 is 0.760 bits per heavy atom. The summed E-state index contributed by atoms with van der Waals surface area (Å²) in [5.74, 6) is -56.9. The largest absolute Gasteiger partial charge is 0.467 e. The zero-order valence-corrected chi connectivity index (χ0v) is 85.7. The van der Waals surface area contributed by atoms with Gasteiger partial charge in [0.25, 0.3) is 0 Å². The first kappa shape index (κ1) is 123. The molecule has 0 amide bonds. The Morgan fingerprint density at radius 1 is 0.199 bits per heavy atom. The van der Waals surface area contributed by atoms with E-state index in [1.165, 1.54) is 60.9 Å². The first-order valence-corrected chi connectivity index (χ1v) is 47.6. The zero-order chi connectivity index (χ0) is 110. The molecule has 792 valence electrons. The number of halogens is 30. The molecule has 0 N–H and O–H groups in total. The van der Waals surface area contributed by atoms with Crippen molar-refractivity contribution in [3.63, 3.8) is 0 Å². The van der Waals surface area contributed by atoms with Crippen LogP contribution in [0.4, 0.5) is 132 Å². The highest BCUT2D eigenvalue weighted by molar-refractivity contribution is 7.57. The molecule has 6 atom stereocenters. The second-order valence-electron chi connectivity index (χ2n) is 32.5. The molecule has 12 aromatic rings. The summed E-state index contributed by atoms with van der Waals surface area (Å²) in [4.78, 5) is 0. The second-order valence-corrected chi connectivity index (χ2v) is 40.2. The fourth-order valence-corrected chi connectivity index (χ4v) is 20.4. The number of ether oxygens (including phenoxy) is 12. The van der Waals surface area contributed by atoms with E-state index < -0.39 is 258 Å². The van der Waals surface area contributed by atoms with E-state index in [-0.39, 0.29) is 68.8 Å². The summed E-state index contributed by atoms with van der Waals surface area (Å²) in [6.07, 6.45) is 0. The maximum Gasteiger partial charge on any atom is 0.200 e. The summed E-state index contributed by atoms with van der Waals surface area (Å²) in [7, 11) is 3.49. The highest BCUT2D eigenvalue weighted by Crippen LogP contribution is 2.40. The zero-order valence-electron chi connectivity index (χ0n) is 79.7. The van der Waals surface area contributed by atoms with Gasteiger partial charge in [-0.05, 0) is 174 Å². The molecular formula is C98H88F30O12P6. The molecule has 0 aliphatic rings. The lowest BCUT2D eigenvalue weighted by Crippen LogP contribution is -2.23. The van der Waals surface area contributed by atoms with Gasteiger partial charge in [-0.1, -0.05) is 108 Å². The average molecular weight is 2210 g/mol. The number of methoxy groups -OCH3 is 6. The second kappa shape index (κ2) is 54.7. The van der Waals surface area contributed by atoms with Crippen LogP contribution in [-0.2, 0) is 39.3 Å². The summed E-state index contributed by atoms with van der Waals surface area (Å²) in [5.41, 5.74) is 5.19. The average Bonchev–Trinajstić information content (AvgIpc) is 0.777. The molecule has 6 unspecified atom stereocenters. The van der Waals surface area contributed by atoms with Gasteiger partial charge in [-0.25, -0.2) is 132 Å². The van der Waals surface area contributed by atoms with Crippen LogP contribution in [0.15, 0.2) is 97.1 Å². The fourth-order valence-electron chi connectivity index (χ4n) is 12.6. The van der Waals surface area contributed by atoms with Gasteiger partial charge >= 0.3 is 0 Å². The summed E-state index contributed by atoms with van der Waals surface area (Å²) in [6.45, 7) is 21.3. The number of benzene rings is 12. The van der Waals surface area contributed by atoms with Crippen molar-refractivity contribution in [2.75, 3.05) is 83.4 Å². The maximum absolute atomic E-state index is 14.1. The number of para-hydroxylation sites is 2. The third-order valence-electron chi connectivity index (χ3n) is 19.6. The molecule has 0 radical (unpaired) electrons. The number of rotatable bonds is 30. The van der Waals surface area contributed by atoms with Crippen molar-refractivity contribution in [3.05, 3.63) is 316 Å². The van der Waals surface area contributed by atoms with Crippen molar-refractivity contribution >= 4 is 115 Å². The lowest BCUT2D eigenvalue weighted by molar-refractivity contribution is 0.0505. The predicted octanol–water partition coefficient (Wildman–Crippen LogP) is 22.4. The molecule has 146 heavy (non-hydrogen) atoms. The molecule has 0 aromatic heterocycles. The van der Waals surface area contributed by atoms with E-state index in [1.54, 1.807) is 108 Å². The quantitative estimate of drug-likeness (QED) is 0.0141. The van der Waals surface area contributed by atoms with Gasteiger partial charge in [0, 0.05) is 80.0 Å². The molecule has 0 aliphatic carbocycles. The van der Waals surface area contributed by atoms with Crippen LogP contribution in [0.2, 0.25) is 0 Å². The van der Waals surface area contributed by atoms with Crippen LogP contribution >= 0.6 is 51.5 Å². The van der Waals surface area contributed by atoms with E-state index in [1.807, 2.05) is 53.7 Å². The summed E-state index contributed by atoms with van der Waals surface area (Å²) in [5, 5.41) is -3.36. The van der Waals surface area contributed by atoms with Crippen LogP contribution in [0.25, 0.3) is 0 Å². The molecule has 0 aliphatic heterocycles. The maximum atomic E-state index is 14.1. The smallest absolute Gasteiger partial charge is 0.200 e. The first-order chi connectivity index (χ1) is 68.5. The van der Waals surface area contributed by atoms with Crippen molar-refractivity contribution in [3.8, 4) is 34.5 Å². The Bertz CT molecular complexity index is 6390. The molecule has 0 fully saturated rings. The van der Waals surface area contributed by atoms with Crippen LogP contribution in [0.1, 0.15) is 86.1 Å². The molecule has 0 heterocycles. The standard InChI is InChI=1S/2C19H20F5O2P.C16H14F5O2P.2C15H12F5O2P.C14H10F5O2P/c1-9-6-10(19(2,3)4)7-11(17(9)26-8-25-5)27-18-15(23)13(21)12(20)14(22)16(18)24;1-9-6-10(19(2,3)4)17(26-8-25-5)11(7-9)27-18-15(23)13(21)12(20)14(22)16(18)24;1-7-4-8(2)15(23-6-22-3)9(5-7)24-16-13(20)11(18)10(17)12(19)14(16)21;1-7-3-4-8(22-6-21-2)9(5-7)23-15-13(19)11(17)10(16)12(18)14(15)20;1-7-4-3-5-8(14(7)22-6-21-2)23-15-12(19)10(17)9(16)11(18)13(15)20;1-20-6-21-7-4-2-3-5-8(7)22-14-12(18)10(16)9(15)11(17)13(14)19/h2*6-7,27H,8H2,1-5H3;4-5,24H,6H2,1-3H3;2*3-5,23H,6H2,1-2H3;2-5,22H,6H2,1H3. The monoisotopic (exact) mass is 2210 g/mol. The summed E-state index contributed by atoms with van der Waals surface area (Å²) in [6, 6.07) is 26.1. The SMILES string of the molecule is COCOc1c(C)cc(C(C)(C)C)cc1Pc1c(F)c(F)c(F)c(F)c1F.COCOc1c(C)cc(C)cc1Pc1c(F)c(F)c(F)c(F)c1F.COCOc1c(C)cccc1Pc1c(F)c(F)c(F)c(F)c1F.COCOc1c(Pc2c(F)c(F)c(F)c(F)c2F)cc(C)cc1C(C)(C)C.COCOc1ccc(C)cc1Pc1c(F)c(F)c(F)c(F)c1F.COCOc1ccccc1Pc1c(F)c(F)c(F)c(F)c1F. The van der Waals surface area contributed by atoms with Gasteiger partial charge in [-0.2, -0.15) is 0 Å². The van der Waals surface area contributed by atoms with E-state index in [0.717, 1.165) is 27.8 Å². The van der Waals surface area contributed by atoms with Crippen LogP contribution in [0.3, 0.4) is 0 Å². The number of hydrogen-bond acceptors (Lipinski definition) is 12. The molecular weight excluding hydrogens is 2120 g/mol. The Morgan fingerprint density at radius 2 is 0.438 bits per heavy atom. The van der Waals surface area contributed by atoms with E-state index in [9.17, 15) is 132 Å². The Labute approximate surface area is 827 Å². The first-order valence-electron chi connectivity index (χ1n) is 41.6. The van der Waals surface area contributed by atoms with Gasteiger partial charge in [0.05, 0.1) is 31.8 Å². The molecule has 0 bridgehead atoms. The van der Waals surface area contributed by atoms with Gasteiger partial charge in [0.2, 0.25) is 34.9 Å². The minimum Gasteiger partial charge on any atom is -0.467 e. The van der Waals surface area contributed by atoms with E-state index in [2.05, 4.69) is 0 Å². The normalized spacial score (nSPS) is 11.7. The minimum absolute atomic E-state index is 0.112. The third kappa shape index (κ3) is 30.1. The Hall–Kier alpha value is -10.3. The number of hydrogen-bond donors (Lipinski definition) is 0. The van der Waals surface area contributed by atoms with Crippen molar-refractivity contribution in [1.82, 2.24) is 0 Å². The van der Waals surface area contributed by atoms with Gasteiger partial charge in [0.1, 0.15) is 34.5 Å². The highest BCUT2D eigenvalue weighted by atomic mass is 31.1. The Balaban J connectivity index is 0.000000238. The van der Waals surface area contributed by atoms with Gasteiger partial charge < -0.3 is 56.8 Å². The molecule has 12 rings (SSSR count). The van der Waals surface area contributed by atoms with Crippen LogP contribution < -0.4 is 92.1 Å². The molecule has 12 aromatic carbocycles. The third-order valence-corrected chi connectivity index (χ3v) is 27.7. The highest BCUT2D eigenvalue weighted by Gasteiger charge is 2.36. The Kier molecular flexibility index (Phi) is 46.0. The van der Waals surface area contributed by atoms with E-state index in [0.29, 0.717) is 65.8 Å². The molecule has 12 nitrogen and oxygen atoms in total. The van der Waals surface area contributed by atoms with Crippen molar-refractivity contribution in [2.45, 2.75) is 93.9 Å². The molecule has 0 saturated carbocycles. The van der Waals surface area contributed by atoms with Crippen molar-refractivity contribution < 1.29 is 189 Å². The van der Waals surface area contributed by atoms with E-state index >= 15 is 0 Å².